The molecule has 0 bridgehead atoms. The zero-order chi connectivity index (χ0) is 24.0. The number of para-hydroxylation sites is 1. The summed E-state index contributed by atoms with van der Waals surface area (Å²) in [5, 5.41) is 4.51. The number of fused-ring (bicyclic) bond motifs is 1. The van der Waals surface area contributed by atoms with E-state index in [0.29, 0.717) is 28.2 Å². The van der Waals surface area contributed by atoms with Gasteiger partial charge in [0.2, 0.25) is 10.0 Å². The highest BCUT2D eigenvalue weighted by molar-refractivity contribution is 7.89. The van der Waals surface area contributed by atoms with Gasteiger partial charge in [-0.1, -0.05) is 23.4 Å². The Labute approximate surface area is 197 Å². The van der Waals surface area contributed by atoms with Gasteiger partial charge in [0.05, 0.1) is 11.1 Å². The van der Waals surface area contributed by atoms with Crippen LogP contribution in [0.1, 0.15) is 27.6 Å². The molecule has 1 fully saturated rings. The number of carbonyl (C=O) groups is 1. The second kappa shape index (κ2) is 8.37. The number of carbonyl (C=O) groups excluding carboxylic acids is 1. The number of amides is 1. The Balaban J connectivity index is 1.42. The predicted molar refractivity (Wildman–Crippen MR) is 125 cm³/mol. The summed E-state index contributed by atoms with van der Waals surface area (Å²) in [6.07, 6.45) is 0. The van der Waals surface area contributed by atoms with Gasteiger partial charge in [-0.2, -0.15) is 4.31 Å². The second-order valence-corrected chi connectivity index (χ2v) is 10.2. The van der Waals surface area contributed by atoms with Crippen LogP contribution in [0.25, 0.3) is 22.4 Å². The van der Waals surface area contributed by atoms with Gasteiger partial charge in [-0.25, -0.2) is 13.4 Å². The Morgan fingerprint density at radius 3 is 2.38 bits per heavy atom. The van der Waals surface area contributed by atoms with Crippen molar-refractivity contribution in [1.82, 2.24) is 19.3 Å². The number of rotatable bonds is 4. The highest BCUT2D eigenvalue weighted by Gasteiger charge is 2.34. The van der Waals surface area contributed by atoms with Crippen LogP contribution in [0.5, 0.6) is 0 Å². The first-order valence-corrected chi connectivity index (χ1v) is 12.4. The summed E-state index contributed by atoms with van der Waals surface area (Å²) < 4.78 is 38.4. The predicted octanol–water partition coefficient (Wildman–Crippen LogP) is 3.55. The van der Waals surface area contributed by atoms with E-state index in [2.05, 4.69) is 10.1 Å². The fraction of sp³-hybridized carbons (Fsp3) is 0.292. The minimum Gasteiger partial charge on any atom is -0.460 e. The molecule has 0 spiro atoms. The number of hydrogen-bond donors (Lipinski definition) is 0. The first-order chi connectivity index (χ1) is 16.3. The third-order valence-corrected chi connectivity index (χ3v) is 8.17. The van der Waals surface area contributed by atoms with E-state index < -0.39 is 10.0 Å². The topological polar surface area (TPSA) is 110 Å². The molecule has 3 aromatic heterocycles. The van der Waals surface area contributed by atoms with Gasteiger partial charge >= 0.3 is 0 Å². The van der Waals surface area contributed by atoms with Gasteiger partial charge in [0.15, 0.2) is 11.5 Å². The van der Waals surface area contributed by atoms with Crippen molar-refractivity contribution in [2.75, 3.05) is 26.2 Å². The van der Waals surface area contributed by atoms with E-state index in [1.165, 1.54) is 4.31 Å². The Hall–Kier alpha value is -3.50. The molecule has 0 saturated carbocycles. The number of benzene rings is 1. The minimum atomic E-state index is -3.75. The van der Waals surface area contributed by atoms with Crippen LogP contribution in [0.3, 0.4) is 0 Å². The summed E-state index contributed by atoms with van der Waals surface area (Å²) in [6, 6.07) is 12.9. The van der Waals surface area contributed by atoms with Crippen LogP contribution in [0.2, 0.25) is 0 Å². The molecule has 1 aliphatic rings. The summed E-state index contributed by atoms with van der Waals surface area (Å²) in [6.45, 7) is 5.96. The normalized spacial score (nSPS) is 15.2. The maximum atomic E-state index is 13.6. The smallest absolute Gasteiger partial charge is 0.254 e. The van der Waals surface area contributed by atoms with Gasteiger partial charge in [0, 0.05) is 31.6 Å². The van der Waals surface area contributed by atoms with Crippen LogP contribution >= 0.6 is 0 Å². The molecule has 0 atom stereocenters. The van der Waals surface area contributed by atoms with Crippen LogP contribution in [-0.2, 0) is 10.0 Å². The maximum Gasteiger partial charge on any atom is 0.254 e. The van der Waals surface area contributed by atoms with Crippen LogP contribution in [0.15, 0.2) is 56.3 Å². The van der Waals surface area contributed by atoms with E-state index in [-0.39, 0.29) is 42.7 Å². The number of aromatic nitrogens is 2. The van der Waals surface area contributed by atoms with Crippen LogP contribution in [0, 0.1) is 20.8 Å². The number of hydrogen-bond acceptors (Lipinski definition) is 7. The standard InChI is InChI=1S/C24H24N4O5S/c1-15-8-9-22(32-15)21-14-19(18-6-4-5-7-20(18)25-21)24(29)27-10-12-28(13-11-27)34(30,31)23-16(2)26-33-17(23)3/h4-9,14H,10-13H2,1-3H3. The molecule has 1 aliphatic heterocycles. The molecule has 0 aliphatic carbocycles. The summed E-state index contributed by atoms with van der Waals surface area (Å²) in [5.41, 5.74) is 2.11. The number of pyridine rings is 1. The van der Waals surface area contributed by atoms with Gasteiger partial charge in [-0.15, -0.1) is 0 Å². The number of aryl methyl sites for hydroxylation is 3. The Morgan fingerprint density at radius 2 is 1.74 bits per heavy atom. The molecule has 4 heterocycles. The maximum absolute atomic E-state index is 13.6. The molecule has 0 radical (unpaired) electrons. The summed E-state index contributed by atoms with van der Waals surface area (Å²) in [7, 11) is -3.75. The third kappa shape index (κ3) is 3.78. The lowest BCUT2D eigenvalue weighted by Gasteiger charge is -2.34. The molecule has 1 aromatic carbocycles. The van der Waals surface area contributed by atoms with Crippen molar-refractivity contribution in [2.24, 2.45) is 0 Å². The van der Waals surface area contributed by atoms with E-state index in [4.69, 9.17) is 8.94 Å². The molecule has 9 nitrogen and oxygen atoms in total. The Kier molecular flexibility index (Phi) is 5.49. The largest absolute Gasteiger partial charge is 0.460 e. The molecule has 4 aromatic rings. The van der Waals surface area contributed by atoms with E-state index >= 15 is 0 Å². The zero-order valence-corrected chi connectivity index (χ0v) is 19.9. The van der Waals surface area contributed by atoms with E-state index in [1.807, 2.05) is 43.3 Å². The molecular weight excluding hydrogens is 456 g/mol. The molecule has 5 rings (SSSR count). The second-order valence-electron chi connectivity index (χ2n) is 8.33. The number of piperazine rings is 1. The van der Waals surface area contributed by atoms with Crippen molar-refractivity contribution in [2.45, 2.75) is 25.7 Å². The fourth-order valence-corrected chi connectivity index (χ4v) is 6.04. The van der Waals surface area contributed by atoms with Gasteiger partial charge < -0.3 is 13.8 Å². The van der Waals surface area contributed by atoms with Crippen LogP contribution < -0.4 is 0 Å². The minimum absolute atomic E-state index is 0.103. The average molecular weight is 481 g/mol. The van der Waals surface area contributed by atoms with Crippen LogP contribution in [-0.4, -0.2) is 59.8 Å². The molecule has 1 amide bonds. The summed E-state index contributed by atoms with van der Waals surface area (Å²) in [4.78, 5) is 20.0. The first kappa shape index (κ1) is 22.3. The van der Waals surface area contributed by atoms with Gasteiger partial charge in [-0.3, -0.25) is 4.79 Å². The quantitative estimate of drug-likeness (QED) is 0.439. The molecule has 176 valence electrons. The highest BCUT2D eigenvalue weighted by atomic mass is 32.2. The molecule has 0 N–H and O–H groups in total. The van der Waals surface area contributed by atoms with Gasteiger partial charge in [-0.05, 0) is 45.0 Å². The lowest BCUT2D eigenvalue weighted by atomic mass is 10.1. The fourth-order valence-electron chi connectivity index (χ4n) is 4.32. The average Bonchev–Trinajstić information content (AvgIpc) is 3.42. The third-order valence-electron chi connectivity index (χ3n) is 6.03. The van der Waals surface area contributed by atoms with Gasteiger partial charge in [0.1, 0.15) is 22.0 Å². The van der Waals surface area contributed by atoms with Crippen molar-refractivity contribution in [3.8, 4) is 11.5 Å². The van der Waals surface area contributed by atoms with Gasteiger partial charge in [0.25, 0.3) is 5.91 Å². The molecule has 34 heavy (non-hydrogen) atoms. The zero-order valence-electron chi connectivity index (χ0n) is 19.1. The van der Waals surface area contributed by atoms with Crippen molar-refractivity contribution in [3.63, 3.8) is 0 Å². The van der Waals surface area contributed by atoms with E-state index in [1.54, 1.807) is 24.8 Å². The lowest BCUT2D eigenvalue weighted by Crippen LogP contribution is -2.50. The van der Waals surface area contributed by atoms with Crippen LogP contribution in [0.4, 0.5) is 0 Å². The molecule has 10 heteroatoms. The monoisotopic (exact) mass is 480 g/mol. The molecule has 0 unspecified atom stereocenters. The highest BCUT2D eigenvalue weighted by Crippen LogP contribution is 2.28. The lowest BCUT2D eigenvalue weighted by molar-refractivity contribution is 0.0699. The number of nitrogens with zero attached hydrogens (tertiary/aromatic N) is 4. The van der Waals surface area contributed by atoms with Crippen molar-refractivity contribution in [1.29, 1.82) is 0 Å². The SMILES string of the molecule is Cc1ccc(-c2cc(C(=O)N3CCN(S(=O)(=O)c4c(C)noc4C)CC3)c3ccccc3n2)o1. The Bertz CT molecular complexity index is 1480. The molecular formula is C24H24N4O5S. The van der Waals surface area contributed by atoms with E-state index in [0.717, 1.165) is 11.1 Å². The van der Waals surface area contributed by atoms with Crippen molar-refractivity contribution < 1.29 is 22.2 Å². The Morgan fingerprint density at radius 1 is 1.00 bits per heavy atom. The first-order valence-electron chi connectivity index (χ1n) is 10.9. The van der Waals surface area contributed by atoms with Crippen molar-refractivity contribution >= 4 is 26.8 Å². The van der Waals surface area contributed by atoms with E-state index in [9.17, 15) is 13.2 Å². The summed E-state index contributed by atoms with van der Waals surface area (Å²) >= 11 is 0. The van der Waals surface area contributed by atoms with Crippen molar-refractivity contribution in [3.05, 3.63) is 65.2 Å². The number of furan rings is 1. The number of sulfonamides is 1. The molecule has 1 saturated heterocycles. The summed E-state index contributed by atoms with van der Waals surface area (Å²) in [5.74, 6) is 1.44.